The van der Waals surface area contributed by atoms with Crippen LogP contribution < -0.4 is 21.3 Å². The van der Waals surface area contributed by atoms with Crippen LogP contribution in [0.2, 0.25) is 0 Å². The molecule has 1 aromatic rings. The van der Waals surface area contributed by atoms with E-state index in [0.29, 0.717) is 6.42 Å². The molecule has 2 fully saturated rings. The van der Waals surface area contributed by atoms with Crippen LogP contribution in [0.4, 0.5) is 13.6 Å². The number of hydrogen-bond donors (Lipinski definition) is 4. The summed E-state index contributed by atoms with van der Waals surface area (Å²) < 4.78 is 52.9. The van der Waals surface area contributed by atoms with Gasteiger partial charge in [0.05, 0.1) is 6.26 Å². The molecule has 0 bridgehead atoms. The zero-order chi connectivity index (χ0) is 39.7. The maximum atomic E-state index is 14.4. The van der Waals surface area contributed by atoms with Crippen molar-refractivity contribution in [2.24, 2.45) is 28.1 Å². The van der Waals surface area contributed by atoms with Crippen LogP contribution in [0.25, 0.3) is 0 Å². The summed E-state index contributed by atoms with van der Waals surface area (Å²) in [6.07, 6.45) is -2.21. The molecule has 1 aliphatic heterocycles. The van der Waals surface area contributed by atoms with Crippen LogP contribution >= 0.6 is 0 Å². The summed E-state index contributed by atoms with van der Waals surface area (Å²) >= 11 is 0. The van der Waals surface area contributed by atoms with Gasteiger partial charge in [0.1, 0.15) is 18.1 Å². The minimum Gasteiger partial charge on any atom is -0.354 e. The van der Waals surface area contributed by atoms with Gasteiger partial charge in [0, 0.05) is 39.1 Å². The monoisotopic (exact) mass is 754 g/mol. The van der Waals surface area contributed by atoms with Crippen LogP contribution in [0.15, 0.2) is 18.2 Å². The van der Waals surface area contributed by atoms with Crippen LogP contribution in [0, 0.1) is 41.9 Å². The second kappa shape index (κ2) is 16.0. The fourth-order valence-corrected chi connectivity index (χ4v) is 7.54. The SMILES string of the molecule is Cc1ccc(CCNC(=O)[C@H](CC(F)F)NC(=O)[C@@H]2[C@@H]3[C@H](CN2C(=O)[C@@H](NC(=O)N[C@H](CN(C)S(C)(=O)=O)C(C)(C)C)C(C)(C)C)C3(C)C)c(C)c1. The molecule has 0 unspecified atom stereocenters. The van der Waals surface area contributed by atoms with E-state index < -0.39 is 81.6 Å². The number of piperidine rings is 1. The standard InChI is InChI=1S/C37H60F2N6O6S/c1-21-13-14-23(22(2)17-21)15-16-40-31(46)25(18-27(38)39)41-32(47)29-28-24(37(28,9)10)19-45(29)33(48)30(36(6,7)8)43-34(49)42-26(35(3,4)5)20-44(11)52(12,50)51/h13-14,17,24-30H,15-16,18-20H2,1-12H3,(H,40,46)(H,41,47)(H2,42,43,49)/t24-,25-,26+,28-,29-,30+/m0/s1. The van der Waals surface area contributed by atoms with Crippen LogP contribution in [-0.4, -0.2) is 105 Å². The van der Waals surface area contributed by atoms with Crippen LogP contribution in [-0.2, 0) is 30.8 Å². The topological polar surface area (TPSA) is 157 Å². The molecule has 6 atom stereocenters. The van der Waals surface area contributed by atoms with E-state index in [-0.39, 0.29) is 36.9 Å². The molecule has 52 heavy (non-hydrogen) atoms. The van der Waals surface area contributed by atoms with Crippen LogP contribution in [0.5, 0.6) is 0 Å². The van der Waals surface area contributed by atoms with Crippen LogP contribution in [0.3, 0.4) is 0 Å². The average molecular weight is 755 g/mol. The van der Waals surface area contributed by atoms with Crippen molar-refractivity contribution in [3.63, 3.8) is 0 Å². The third-order valence-corrected chi connectivity index (χ3v) is 12.0. The van der Waals surface area contributed by atoms with Crippen LogP contribution in [0.1, 0.15) is 78.5 Å². The molecule has 2 aliphatic rings. The van der Waals surface area contributed by atoms with E-state index in [1.165, 1.54) is 11.9 Å². The van der Waals surface area contributed by atoms with Gasteiger partial charge in [-0.15, -0.1) is 0 Å². The molecule has 1 aromatic carbocycles. The molecule has 4 N–H and O–H groups in total. The van der Waals surface area contributed by atoms with Gasteiger partial charge in [-0.25, -0.2) is 26.3 Å². The lowest BCUT2D eigenvalue weighted by Crippen LogP contribution is -2.62. The number of alkyl halides is 2. The molecule has 0 radical (unpaired) electrons. The lowest BCUT2D eigenvalue weighted by atomic mass is 9.85. The van der Waals surface area contributed by atoms with Gasteiger partial charge in [-0.2, -0.15) is 0 Å². The Balaban J connectivity index is 1.80. The maximum Gasteiger partial charge on any atom is 0.315 e. The van der Waals surface area contributed by atoms with Gasteiger partial charge in [-0.05, 0) is 59.5 Å². The molecule has 1 saturated heterocycles. The Kier molecular flexibility index (Phi) is 13.2. The Morgan fingerprint density at radius 3 is 2.13 bits per heavy atom. The number of nitrogens with one attached hydrogen (secondary N) is 4. The average Bonchev–Trinajstić information content (AvgIpc) is 3.29. The van der Waals surface area contributed by atoms with Crippen molar-refractivity contribution in [3.05, 3.63) is 34.9 Å². The highest BCUT2D eigenvalue weighted by molar-refractivity contribution is 7.88. The zero-order valence-electron chi connectivity index (χ0n) is 32.8. The third kappa shape index (κ3) is 10.6. The van der Waals surface area contributed by atoms with Gasteiger partial charge >= 0.3 is 6.03 Å². The summed E-state index contributed by atoms with van der Waals surface area (Å²) in [6.45, 7) is 19.2. The predicted molar refractivity (Wildman–Crippen MR) is 197 cm³/mol. The molecule has 1 heterocycles. The molecule has 0 aromatic heterocycles. The largest absolute Gasteiger partial charge is 0.354 e. The number of aryl methyl sites for hydroxylation is 2. The van der Waals surface area contributed by atoms with Crippen molar-refractivity contribution in [3.8, 4) is 0 Å². The first-order valence-corrected chi connectivity index (χ1v) is 19.7. The number of nitrogens with zero attached hydrogens (tertiary/aromatic N) is 2. The highest BCUT2D eigenvalue weighted by atomic mass is 32.2. The maximum absolute atomic E-state index is 14.4. The zero-order valence-corrected chi connectivity index (χ0v) is 33.6. The summed E-state index contributed by atoms with van der Waals surface area (Å²) in [5.74, 6) is -2.27. The number of carbonyl (C=O) groups excluding carboxylic acids is 4. The van der Waals surface area contributed by atoms with Gasteiger partial charge in [-0.1, -0.05) is 79.2 Å². The van der Waals surface area contributed by atoms with Gasteiger partial charge in [0.25, 0.3) is 0 Å². The van der Waals surface area contributed by atoms with E-state index in [0.717, 1.165) is 27.3 Å². The summed E-state index contributed by atoms with van der Waals surface area (Å²) in [6, 6.07) is 0.952. The van der Waals surface area contributed by atoms with E-state index in [4.69, 9.17) is 0 Å². The molecule has 5 amide bonds. The fraction of sp³-hybridized carbons (Fsp3) is 0.730. The van der Waals surface area contributed by atoms with Gasteiger partial charge in [0.15, 0.2) is 0 Å². The highest BCUT2D eigenvalue weighted by Crippen LogP contribution is 2.65. The molecular weight excluding hydrogens is 695 g/mol. The fourth-order valence-electron chi connectivity index (χ4n) is 7.12. The normalized spacial score (nSPS) is 21.6. The predicted octanol–water partition coefficient (Wildman–Crippen LogP) is 3.61. The highest BCUT2D eigenvalue weighted by Gasteiger charge is 2.70. The lowest BCUT2D eigenvalue weighted by molar-refractivity contribution is -0.144. The minimum absolute atomic E-state index is 0.00431. The smallest absolute Gasteiger partial charge is 0.315 e. The number of fused-ring (bicyclic) bond motifs is 1. The van der Waals surface area contributed by atoms with Crippen molar-refractivity contribution in [1.29, 1.82) is 0 Å². The Morgan fingerprint density at radius 2 is 1.62 bits per heavy atom. The second-order valence-electron chi connectivity index (χ2n) is 17.4. The van der Waals surface area contributed by atoms with Crippen molar-refractivity contribution in [2.45, 2.75) is 113 Å². The molecule has 294 valence electrons. The number of amides is 5. The number of carbonyl (C=O) groups is 4. The number of likely N-dealkylation sites (tertiary alicyclic amines) is 1. The number of sulfonamides is 1. The van der Waals surface area contributed by atoms with E-state index in [1.807, 2.05) is 66.7 Å². The quantitative estimate of drug-likeness (QED) is 0.228. The number of hydrogen-bond acceptors (Lipinski definition) is 6. The molecule has 3 rings (SSSR count). The van der Waals surface area contributed by atoms with E-state index in [2.05, 4.69) is 21.3 Å². The van der Waals surface area contributed by atoms with Crippen molar-refractivity contribution < 1.29 is 36.4 Å². The summed E-state index contributed by atoms with van der Waals surface area (Å²) in [5.41, 5.74) is 1.47. The minimum atomic E-state index is -3.53. The Bertz CT molecular complexity index is 1610. The van der Waals surface area contributed by atoms with Gasteiger partial charge < -0.3 is 26.2 Å². The first-order valence-electron chi connectivity index (χ1n) is 17.9. The molecule has 15 heteroatoms. The Hall–Kier alpha value is -3.33. The van der Waals surface area contributed by atoms with E-state index in [1.54, 1.807) is 20.8 Å². The Morgan fingerprint density at radius 1 is 1.00 bits per heavy atom. The molecule has 1 saturated carbocycles. The number of likely N-dealkylation sites (N-methyl/N-ethyl adjacent to an activating group) is 1. The third-order valence-electron chi connectivity index (χ3n) is 10.7. The lowest BCUT2D eigenvalue weighted by Gasteiger charge is -2.39. The molecular formula is C37H60F2N6O6S. The number of benzene rings is 1. The number of halogens is 2. The number of urea groups is 1. The van der Waals surface area contributed by atoms with Crippen molar-refractivity contribution in [2.75, 3.05) is 32.9 Å². The van der Waals surface area contributed by atoms with Gasteiger partial charge in [0.2, 0.25) is 34.2 Å². The summed E-state index contributed by atoms with van der Waals surface area (Å²) in [5, 5.41) is 10.9. The summed E-state index contributed by atoms with van der Waals surface area (Å²) in [4.78, 5) is 56.4. The van der Waals surface area contributed by atoms with E-state index in [9.17, 15) is 36.4 Å². The molecule has 12 nitrogen and oxygen atoms in total. The van der Waals surface area contributed by atoms with Crippen molar-refractivity contribution >= 4 is 33.8 Å². The van der Waals surface area contributed by atoms with Gasteiger partial charge in [-0.3, -0.25) is 14.4 Å². The molecule has 0 spiro atoms. The molecule has 1 aliphatic carbocycles. The second-order valence-corrected chi connectivity index (χ2v) is 19.5. The van der Waals surface area contributed by atoms with Crippen molar-refractivity contribution in [1.82, 2.24) is 30.5 Å². The number of rotatable bonds is 14. The van der Waals surface area contributed by atoms with E-state index >= 15 is 0 Å². The summed E-state index contributed by atoms with van der Waals surface area (Å²) in [7, 11) is -2.12. The first-order chi connectivity index (χ1) is 23.7. The first kappa shape index (κ1) is 43.1. The Labute approximate surface area is 308 Å².